The lowest BCUT2D eigenvalue weighted by Gasteiger charge is -2.46. The predicted octanol–water partition coefficient (Wildman–Crippen LogP) is 4.79. The Morgan fingerprint density at radius 2 is 1.60 bits per heavy atom. The highest BCUT2D eigenvalue weighted by Gasteiger charge is 2.44. The molecule has 2 bridgehead atoms. The zero-order valence-corrected chi connectivity index (χ0v) is 35.1. The summed E-state index contributed by atoms with van der Waals surface area (Å²) in [6.45, 7) is 4.24. The van der Waals surface area contributed by atoms with E-state index in [0.717, 1.165) is 43.0 Å². The summed E-state index contributed by atoms with van der Waals surface area (Å²) in [6, 6.07) is 10.3. The number of halogens is 4. The fourth-order valence-corrected chi connectivity index (χ4v) is 9.81. The van der Waals surface area contributed by atoms with Crippen LogP contribution in [0.5, 0.6) is 0 Å². The van der Waals surface area contributed by atoms with Crippen LogP contribution in [0, 0.1) is 0 Å². The van der Waals surface area contributed by atoms with Crippen molar-refractivity contribution in [1.82, 2.24) is 29.4 Å². The van der Waals surface area contributed by atoms with Crippen molar-refractivity contribution in [3.63, 3.8) is 0 Å². The number of likely N-dealkylation sites (N-methyl/N-ethyl adjacent to an activating group) is 1. The van der Waals surface area contributed by atoms with Crippen LogP contribution in [0.1, 0.15) is 55.2 Å². The number of nitrogen functional groups attached to an aromatic ring is 1. The third-order valence-electron chi connectivity index (χ3n) is 12.9. The lowest BCUT2D eigenvalue weighted by molar-refractivity contribution is -0.147. The first kappa shape index (κ1) is 43.8. The zero-order chi connectivity index (χ0) is 42.7. The highest BCUT2D eigenvalue weighted by atomic mass is 35.5. The average Bonchev–Trinajstić information content (AvgIpc) is 3.34. The summed E-state index contributed by atoms with van der Waals surface area (Å²) in [5, 5.41) is 2.68. The van der Waals surface area contributed by atoms with Gasteiger partial charge in [0.05, 0.1) is 22.8 Å². The van der Waals surface area contributed by atoms with Gasteiger partial charge in [0.2, 0.25) is 0 Å². The molecule has 3 N–H and O–H groups in total. The Bertz CT molecular complexity index is 1880. The van der Waals surface area contributed by atoms with E-state index in [4.69, 9.17) is 26.8 Å². The molecular formula is C42H56ClF3N8O6. The number of hydrogen-bond donors (Lipinski definition) is 2. The van der Waals surface area contributed by atoms with Crippen LogP contribution in [0.4, 0.5) is 34.1 Å². The SMILES string of the molecule is CN(C)CCOC(=O)CN1C2CCC1CC(N1CCN(C(=O)[C@@H](Cc3cc(Cl)c(N)c(C(F)(F)F)c3)OC(=O)N3CCC(N4CCc5ccccc5NC4=O)CC3)CC1)C2. The number of benzene rings is 2. The quantitative estimate of drug-likeness (QED) is 0.239. The maximum Gasteiger partial charge on any atom is 0.418 e. The Balaban J connectivity index is 0.973. The van der Waals surface area contributed by atoms with Crippen molar-refractivity contribution < 1.29 is 41.8 Å². The minimum absolute atomic E-state index is 0.0574. The number of piperazine rings is 1. The smallest absolute Gasteiger partial charge is 0.418 e. The van der Waals surface area contributed by atoms with Crippen molar-refractivity contribution in [1.29, 1.82) is 0 Å². The molecule has 4 saturated heterocycles. The summed E-state index contributed by atoms with van der Waals surface area (Å²) >= 11 is 6.17. The number of hydrogen-bond acceptors (Lipinski definition) is 10. The number of carbonyl (C=O) groups is 4. The molecule has 2 aromatic rings. The van der Waals surface area contributed by atoms with E-state index in [0.29, 0.717) is 65.1 Å². The van der Waals surface area contributed by atoms with Crippen molar-refractivity contribution in [3.05, 3.63) is 58.1 Å². The number of esters is 1. The summed E-state index contributed by atoms with van der Waals surface area (Å²) in [4.78, 5) is 65.3. The maximum absolute atomic E-state index is 14.3. The Hall–Kier alpha value is -4.32. The number of anilines is 2. The van der Waals surface area contributed by atoms with Crippen LogP contribution in [0.2, 0.25) is 5.02 Å². The fourth-order valence-electron chi connectivity index (χ4n) is 9.56. The third kappa shape index (κ3) is 10.2. The van der Waals surface area contributed by atoms with E-state index in [-0.39, 0.29) is 72.8 Å². The van der Waals surface area contributed by atoms with Crippen LogP contribution in [0.15, 0.2) is 36.4 Å². The molecule has 5 heterocycles. The molecule has 0 spiro atoms. The second kappa shape index (κ2) is 18.7. The molecule has 5 aliphatic rings. The number of piperidine rings is 2. The minimum Gasteiger partial charge on any atom is -0.463 e. The molecule has 18 heteroatoms. The number of carbonyl (C=O) groups excluding carboxylic acids is 4. The second-order valence-electron chi connectivity index (χ2n) is 16.9. The first-order valence-corrected chi connectivity index (χ1v) is 21.4. The van der Waals surface area contributed by atoms with Gasteiger partial charge in [-0.15, -0.1) is 0 Å². The van der Waals surface area contributed by atoms with Gasteiger partial charge in [-0.1, -0.05) is 29.8 Å². The Kier molecular flexibility index (Phi) is 13.7. The average molecular weight is 861 g/mol. The number of nitrogens with two attached hydrogens (primary N) is 1. The summed E-state index contributed by atoms with van der Waals surface area (Å²) in [5.74, 6) is -0.702. The number of alkyl halides is 3. The molecular weight excluding hydrogens is 805 g/mol. The molecule has 4 amide bonds. The first-order valence-electron chi connectivity index (χ1n) is 21.0. The normalized spacial score (nSPS) is 23.6. The molecule has 2 aromatic carbocycles. The molecule has 0 radical (unpaired) electrons. The highest BCUT2D eigenvalue weighted by molar-refractivity contribution is 6.33. The van der Waals surface area contributed by atoms with Crippen LogP contribution in [-0.2, 0) is 38.1 Å². The van der Waals surface area contributed by atoms with Crippen molar-refractivity contribution >= 4 is 47.0 Å². The molecule has 2 unspecified atom stereocenters. The van der Waals surface area contributed by atoms with Gasteiger partial charge < -0.3 is 40.1 Å². The van der Waals surface area contributed by atoms with E-state index >= 15 is 0 Å². The predicted molar refractivity (Wildman–Crippen MR) is 220 cm³/mol. The van der Waals surface area contributed by atoms with Crippen molar-refractivity contribution in [2.24, 2.45) is 0 Å². The third-order valence-corrected chi connectivity index (χ3v) is 13.2. The van der Waals surface area contributed by atoms with Crippen LogP contribution in [-0.4, -0.2) is 163 Å². The highest BCUT2D eigenvalue weighted by Crippen LogP contribution is 2.39. The molecule has 60 heavy (non-hydrogen) atoms. The number of likely N-dealkylation sites (tertiary alicyclic amines) is 1. The number of rotatable bonds is 11. The molecule has 5 aliphatic heterocycles. The lowest BCUT2D eigenvalue weighted by Crippen LogP contribution is -2.58. The van der Waals surface area contributed by atoms with Gasteiger partial charge in [0.1, 0.15) is 6.61 Å². The molecule has 0 aromatic heterocycles. The Morgan fingerprint density at radius 3 is 2.27 bits per heavy atom. The van der Waals surface area contributed by atoms with Crippen molar-refractivity contribution in [2.45, 2.75) is 87.8 Å². The number of urea groups is 1. The number of nitrogens with zero attached hydrogens (tertiary/aromatic N) is 6. The van der Waals surface area contributed by atoms with Gasteiger partial charge in [-0.05, 0) is 88.4 Å². The van der Waals surface area contributed by atoms with E-state index in [1.54, 1.807) is 9.80 Å². The lowest BCUT2D eigenvalue weighted by atomic mass is 9.95. The van der Waals surface area contributed by atoms with Crippen LogP contribution in [0.25, 0.3) is 0 Å². The van der Waals surface area contributed by atoms with Gasteiger partial charge in [-0.25, -0.2) is 9.59 Å². The maximum atomic E-state index is 14.3. The zero-order valence-electron chi connectivity index (χ0n) is 34.3. The number of ether oxygens (including phenoxy) is 2. The van der Waals surface area contributed by atoms with Gasteiger partial charge in [-0.3, -0.25) is 19.4 Å². The Labute approximate surface area is 354 Å². The van der Waals surface area contributed by atoms with Gasteiger partial charge in [0, 0.05) is 88.6 Å². The summed E-state index contributed by atoms with van der Waals surface area (Å²) in [6.07, 6.45) is -1.79. The summed E-state index contributed by atoms with van der Waals surface area (Å²) in [5.41, 5.74) is 5.85. The van der Waals surface area contributed by atoms with Crippen LogP contribution < -0.4 is 11.1 Å². The van der Waals surface area contributed by atoms with E-state index in [2.05, 4.69) is 15.1 Å². The van der Waals surface area contributed by atoms with E-state index in [1.807, 2.05) is 43.3 Å². The molecule has 3 atom stereocenters. The fraction of sp³-hybridized carbons (Fsp3) is 0.619. The molecule has 14 nitrogen and oxygen atoms in total. The second-order valence-corrected chi connectivity index (χ2v) is 17.3. The topological polar surface area (TPSA) is 144 Å². The van der Waals surface area contributed by atoms with Crippen molar-refractivity contribution in [2.75, 3.05) is 90.7 Å². The van der Waals surface area contributed by atoms with Gasteiger partial charge in [0.15, 0.2) is 6.10 Å². The number of nitrogens with one attached hydrogen (secondary N) is 1. The molecule has 4 fully saturated rings. The first-order chi connectivity index (χ1) is 28.6. The van der Waals surface area contributed by atoms with E-state index < -0.39 is 35.5 Å². The minimum atomic E-state index is -4.79. The molecule has 328 valence electrons. The monoisotopic (exact) mass is 860 g/mol. The van der Waals surface area contributed by atoms with Gasteiger partial charge >= 0.3 is 24.3 Å². The van der Waals surface area contributed by atoms with E-state index in [1.165, 1.54) is 11.0 Å². The standard InChI is InChI=1S/C42H56ClF3N8O6/c1-49(2)19-20-59-37(55)26-54-30-7-8-31(54)25-32(24-30)50-15-17-51(18-16-50)39(56)36(23-27-21-33(42(44,45)46)38(47)34(43)22-27)60-41(58)52-12-10-29(11-13-52)53-14-9-28-5-3-4-6-35(28)48-40(53)57/h3-6,21-22,29-32,36H,7-20,23-26,47H2,1-2H3,(H,48,57)/t30?,31?,32?,36-/m1/s1. The van der Waals surface area contributed by atoms with Crippen LogP contribution >= 0.6 is 11.6 Å². The number of amides is 4. The largest absolute Gasteiger partial charge is 0.463 e. The Morgan fingerprint density at radius 1 is 0.917 bits per heavy atom. The summed E-state index contributed by atoms with van der Waals surface area (Å²) in [7, 11) is 3.86. The summed E-state index contributed by atoms with van der Waals surface area (Å²) < 4.78 is 53.2. The van der Waals surface area contributed by atoms with Crippen molar-refractivity contribution in [3.8, 4) is 0 Å². The van der Waals surface area contributed by atoms with E-state index in [9.17, 15) is 32.3 Å². The molecule has 0 aliphatic carbocycles. The van der Waals surface area contributed by atoms with Crippen LogP contribution in [0.3, 0.4) is 0 Å². The van der Waals surface area contributed by atoms with Gasteiger partial charge in [-0.2, -0.15) is 13.2 Å². The molecule has 0 saturated carbocycles. The number of para-hydroxylation sites is 1. The van der Waals surface area contributed by atoms with Gasteiger partial charge in [0.25, 0.3) is 5.91 Å². The molecule has 7 rings (SSSR count). The number of fused-ring (bicyclic) bond motifs is 3.